The Morgan fingerprint density at radius 2 is 1.94 bits per heavy atom. The monoisotopic (exact) mass is 228 g/mol. The molecule has 0 spiro atoms. The van der Waals surface area contributed by atoms with Crippen LogP contribution in [0, 0.1) is 0 Å². The van der Waals surface area contributed by atoms with Gasteiger partial charge >= 0.3 is 0 Å². The Hall–Kier alpha value is -0.120. The number of rotatable bonds is 7. The van der Waals surface area contributed by atoms with Crippen molar-refractivity contribution in [1.82, 2.24) is 10.2 Å². The second-order valence-electron chi connectivity index (χ2n) is 5.41. The average Bonchev–Trinajstić information content (AvgIpc) is 2.76. The number of aliphatic hydroxyl groups is 1. The molecule has 0 aromatic heterocycles. The lowest BCUT2D eigenvalue weighted by molar-refractivity contribution is 0.191. The van der Waals surface area contributed by atoms with Crippen LogP contribution in [0.25, 0.3) is 0 Å². The molecular weight excluding hydrogens is 200 g/mol. The smallest absolute Gasteiger partial charge is 0.0585 e. The van der Waals surface area contributed by atoms with Crippen molar-refractivity contribution in [3.63, 3.8) is 0 Å². The summed E-state index contributed by atoms with van der Waals surface area (Å²) < 4.78 is 0. The molecule has 0 heterocycles. The molecule has 0 saturated heterocycles. The van der Waals surface area contributed by atoms with E-state index in [-0.39, 0.29) is 12.6 Å². The van der Waals surface area contributed by atoms with E-state index < -0.39 is 0 Å². The highest BCUT2D eigenvalue weighted by Gasteiger charge is 2.20. The molecule has 0 aromatic rings. The summed E-state index contributed by atoms with van der Waals surface area (Å²) in [6, 6.07) is 1.50. The van der Waals surface area contributed by atoms with Gasteiger partial charge in [-0.2, -0.15) is 0 Å². The molecule has 3 heteroatoms. The van der Waals surface area contributed by atoms with Crippen molar-refractivity contribution in [3.05, 3.63) is 0 Å². The zero-order valence-electron chi connectivity index (χ0n) is 11.1. The molecule has 1 aliphatic carbocycles. The molecular formula is C13H28N2O. The third-order valence-corrected chi connectivity index (χ3v) is 3.57. The fourth-order valence-electron chi connectivity index (χ4n) is 2.59. The van der Waals surface area contributed by atoms with Gasteiger partial charge in [-0.05, 0) is 32.9 Å². The van der Waals surface area contributed by atoms with Gasteiger partial charge in [-0.1, -0.05) is 26.7 Å². The van der Waals surface area contributed by atoms with Gasteiger partial charge in [0.2, 0.25) is 0 Å². The Kier molecular flexibility index (Phi) is 6.32. The molecule has 0 aromatic carbocycles. The van der Waals surface area contributed by atoms with Crippen LogP contribution in [0.15, 0.2) is 0 Å². The predicted molar refractivity (Wildman–Crippen MR) is 68.6 cm³/mol. The molecule has 1 aliphatic rings. The van der Waals surface area contributed by atoms with Gasteiger partial charge in [-0.3, -0.25) is 0 Å². The second kappa shape index (κ2) is 7.25. The Balaban J connectivity index is 2.20. The number of nitrogens with one attached hydrogen (secondary N) is 1. The first kappa shape index (κ1) is 13.9. The molecule has 0 bridgehead atoms. The zero-order chi connectivity index (χ0) is 12.0. The fraction of sp³-hybridized carbons (Fsp3) is 1.00. The molecule has 96 valence electrons. The fourth-order valence-corrected chi connectivity index (χ4v) is 2.59. The molecule has 16 heavy (non-hydrogen) atoms. The molecule has 0 radical (unpaired) electrons. The van der Waals surface area contributed by atoms with Gasteiger partial charge in [-0.15, -0.1) is 0 Å². The maximum absolute atomic E-state index is 9.27. The Bertz CT molecular complexity index is 177. The highest BCUT2D eigenvalue weighted by atomic mass is 16.3. The summed E-state index contributed by atoms with van der Waals surface area (Å²) in [6.45, 7) is 5.60. The van der Waals surface area contributed by atoms with Gasteiger partial charge in [0.15, 0.2) is 0 Å². The van der Waals surface area contributed by atoms with Crippen molar-refractivity contribution in [1.29, 1.82) is 0 Å². The van der Waals surface area contributed by atoms with Crippen LogP contribution < -0.4 is 5.32 Å². The molecule has 1 atom stereocenters. The van der Waals surface area contributed by atoms with Crippen LogP contribution in [0.5, 0.6) is 0 Å². The minimum absolute atomic E-state index is 0.247. The van der Waals surface area contributed by atoms with Crippen molar-refractivity contribution < 1.29 is 5.11 Å². The van der Waals surface area contributed by atoms with Gasteiger partial charge in [-0.25, -0.2) is 0 Å². The quantitative estimate of drug-likeness (QED) is 0.695. The van der Waals surface area contributed by atoms with Crippen LogP contribution in [-0.2, 0) is 0 Å². The summed E-state index contributed by atoms with van der Waals surface area (Å²) in [4.78, 5) is 2.47. The summed E-state index contributed by atoms with van der Waals surface area (Å²) in [5.74, 6) is 0. The first-order chi connectivity index (χ1) is 7.63. The van der Waals surface area contributed by atoms with Gasteiger partial charge < -0.3 is 15.3 Å². The van der Waals surface area contributed by atoms with Crippen molar-refractivity contribution in [2.45, 2.75) is 64.1 Å². The van der Waals surface area contributed by atoms with E-state index in [0.717, 1.165) is 19.0 Å². The first-order valence-corrected chi connectivity index (χ1v) is 6.70. The van der Waals surface area contributed by atoms with E-state index in [1.54, 1.807) is 0 Å². The number of nitrogens with zero attached hydrogens (tertiary/aromatic N) is 1. The number of hydrogen-bond donors (Lipinski definition) is 2. The summed E-state index contributed by atoms with van der Waals surface area (Å²) in [6.07, 6.45) is 6.54. The zero-order valence-corrected chi connectivity index (χ0v) is 11.1. The maximum atomic E-state index is 9.27. The minimum atomic E-state index is 0.247. The van der Waals surface area contributed by atoms with Gasteiger partial charge in [0, 0.05) is 18.1 Å². The second-order valence-corrected chi connectivity index (χ2v) is 5.41. The largest absolute Gasteiger partial charge is 0.395 e. The molecule has 1 rings (SSSR count). The van der Waals surface area contributed by atoms with Crippen molar-refractivity contribution in [3.8, 4) is 0 Å². The van der Waals surface area contributed by atoms with E-state index in [1.807, 2.05) is 0 Å². The number of hydrogen-bond acceptors (Lipinski definition) is 3. The van der Waals surface area contributed by atoms with E-state index in [4.69, 9.17) is 0 Å². The van der Waals surface area contributed by atoms with Crippen molar-refractivity contribution >= 4 is 0 Å². The Morgan fingerprint density at radius 1 is 1.31 bits per heavy atom. The molecule has 2 N–H and O–H groups in total. The van der Waals surface area contributed by atoms with Crippen molar-refractivity contribution in [2.24, 2.45) is 0 Å². The highest BCUT2D eigenvalue weighted by Crippen LogP contribution is 2.22. The van der Waals surface area contributed by atoms with Crippen LogP contribution in [0.2, 0.25) is 0 Å². The molecule has 1 saturated carbocycles. The lowest BCUT2D eigenvalue weighted by Gasteiger charge is -2.27. The average molecular weight is 228 g/mol. The molecule has 0 aliphatic heterocycles. The number of aliphatic hydroxyl groups excluding tert-OH is 1. The van der Waals surface area contributed by atoms with Crippen molar-refractivity contribution in [2.75, 3.05) is 20.2 Å². The predicted octanol–water partition coefficient (Wildman–Crippen LogP) is 1.61. The third kappa shape index (κ3) is 4.81. The summed E-state index contributed by atoms with van der Waals surface area (Å²) >= 11 is 0. The van der Waals surface area contributed by atoms with E-state index in [9.17, 15) is 5.11 Å². The topological polar surface area (TPSA) is 35.5 Å². The lowest BCUT2D eigenvalue weighted by atomic mass is 10.1. The Morgan fingerprint density at radius 3 is 2.44 bits per heavy atom. The van der Waals surface area contributed by atoms with Gasteiger partial charge in [0.05, 0.1) is 6.61 Å². The molecule has 3 nitrogen and oxygen atoms in total. The maximum Gasteiger partial charge on any atom is 0.0585 e. The van der Waals surface area contributed by atoms with Crippen LogP contribution >= 0.6 is 0 Å². The summed E-state index contributed by atoms with van der Waals surface area (Å²) in [5, 5.41) is 12.7. The molecule has 1 unspecified atom stereocenters. The van der Waals surface area contributed by atoms with Crippen LogP contribution in [0.4, 0.5) is 0 Å². The highest BCUT2D eigenvalue weighted by molar-refractivity contribution is 4.77. The van der Waals surface area contributed by atoms with Gasteiger partial charge in [0.1, 0.15) is 0 Å². The van der Waals surface area contributed by atoms with Crippen LogP contribution in [0.3, 0.4) is 0 Å². The summed E-state index contributed by atoms with van der Waals surface area (Å²) in [5.41, 5.74) is 0. The minimum Gasteiger partial charge on any atom is -0.395 e. The van der Waals surface area contributed by atoms with E-state index in [1.165, 1.54) is 25.7 Å². The SMILES string of the molecule is CC(C)NC(CO)CCN(C)C1CCCC1. The van der Waals surface area contributed by atoms with Crippen LogP contribution in [-0.4, -0.2) is 48.3 Å². The Labute approximate surface area is 100 Å². The van der Waals surface area contributed by atoms with E-state index >= 15 is 0 Å². The third-order valence-electron chi connectivity index (χ3n) is 3.57. The summed E-state index contributed by atoms with van der Waals surface area (Å²) in [7, 11) is 2.22. The van der Waals surface area contributed by atoms with E-state index in [2.05, 4.69) is 31.1 Å². The molecule has 1 fully saturated rings. The van der Waals surface area contributed by atoms with Crippen LogP contribution in [0.1, 0.15) is 46.0 Å². The first-order valence-electron chi connectivity index (χ1n) is 6.70. The normalized spacial score (nSPS) is 19.9. The molecule has 0 amide bonds. The lowest BCUT2D eigenvalue weighted by Crippen LogP contribution is -2.41. The van der Waals surface area contributed by atoms with Gasteiger partial charge in [0.25, 0.3) is 0 Å². The van der Waals surface area contributed by atoms with E-state index in [0.29, 0.717) is 6.04 Å². The standard InChI is InChI=1S/C13H28N2O/c1-11(2)14-12(10-16)8-9-15(3)13-6-4-5-7-13/h11-14,16H,4-10H2,1-3H3.